The van der Waals surface area contributed by atoms with Gasteiger partial charge in [-0.3, -0.25) is 4.99 Å². The molecule has 0 fully saturated rings. The van der Waals surface area contributed by atoms with Crippen LogP contribution >= 0.6 is 0 Å². The summed E-state index contributed by atoms with van der Waals surface area (Å²) in [6.07, 6.45) is 5.96. The average molecular weight is 381 g/mol. The quantitative estimate of drug-likeness (QED) is 0.697. The van der Waals surface area contributed by atoms with Gasteiger partial charge in [0.05, 0.1) is 27.7 Å². The lowest BCUT2D eigenvalue weighted by atomic mass is 9.95. The highest BCUT2D eigenvalue weighted by atomic mass is 16.4. The van der Waals surface area contributed by atoms with Crippen molar-refractivity contribution in [3.8, 4) is 11.6 Å². The minimum atomic E-state index is -0.532. The Bertz CT molecular complexity index is 1350. The zero-order valence-corrected chi connectivity index (χ0v) is 16.1. The lowest BCUT2D eigenvalue weighted by Gasteiger charge is -2.17. The van der Waals surface area contributed by atoms with Crippen molar-refractivity contribution in [2.75, 3.05) is 0 Å². The van der Waals surface area contributed by atoms with Crippen molar-refractivity contribution in [3.63, 3.8) is 0 Å². The molecule has 29 heavy (non-hydrogen) atoms. The van der Waals surface area contributed by atoms with E-state index in [9.17, 15) is 4.79 Å². The summed E-state index contributed by atoms with van der Waals surface area (Å²) in [7, 11) is 0. The van der Waals surface area contributed by atoms with E-state index in [1.54, 1.807) is 18.2 Å². The van der Waals surface area contributed by atoms with Crippen molar-refractivity contribution >= 4 is 29.6 Å². The van der Waals surface area contributed by atoms with Crippen LogP contribution < -0.4 is 16.2 Å². The molecule has 0 saturated heterocycles. The minimum absolute atomic E-state index is 0.149. The summed E-state index contributed by atoms with van der Waals surface area (Å²) in [6, 6.07) is 13.4. The largest absolute Gasteiger partial charge is 0.401 e. The number of allylic oxidation sites excluding steroid dienone is 3. The molecule has 0 radical (unpaired) electrons. The van der Waals surface area contributed by atoms with Gasteiger partial charge >= 0.3 is 5.63 Å². The van der Waals surface area contributed by atoms with Crippen molar-refractivity contribution < 1.29 is 4.42 Å². The summed E-state index contributed by atoms with van der Waals surface area (Å²) in [6.45, 7) is 9.80. The molecule has 2 aromatic heterocycles. The molecule has 4 rings (SSSR count). The first-order chi connectivity index (χ1) is 14.1. The maximum absolute atomic E-state index is 12.2. The molecule has 3 heterocycles. The molecule has 0 bridgehead atoms. The number of aromatic nitrogens is 2. The van der Waals surface area contributed by atoms with Gasteiger partial charge in [-0.05, 0) is 36.8 Å². The van der Waals surface area contributed by atoms with Crippen LogP contribution in [0.3, 0.4) is 0 Å². The van der Waals surface area contributed by atoms with Crippen molar-refractivity contribution in [3.05, 3.63) is 93.4 Å². The van der Waals surface area contributed by atoms with E-state index in [1.165, 1.54) is 0 Å². The normalized spacial score (nSPS) is 14.2. The molecule has 1 aromatic carbocycles. The van der Waals surface area contributed by atoms with Crippen LogP contribution in [-0.4, -0.2) is 15.7 Å². The number of benzene rings is 1. The third-order valence-electron chi connectivity index (χ3n) is 4.60. The molecule has 0 N–H and O–H groups in total. The van der Waals surface area contributed by atoms with Gasteiger partial charge in [-0.15, -0.1) is 0 Å². The Balaban J connectivity index is 1.81. The number of hydrogen-bond donors (Lipinski definition) is 0. The number of para-hydroxylation sites is 1. The number of rotatable bonds is 3. The number of pyridine rings is 1. The van der Waals surface area contributed by atoms with E-state index in [4.69, 9.17) is 9.41 Å². The number of hydrogen-bond acceptors (Lipinski definition) is 5. The monoisotopic (exact) mass is 381 g/mol. The summed E-state index contributed by atoms with van der Waals surface area (Å²) in [5.41, 5.74) is 4.35. The average Bonchev–Trinajstić information content (AvgIpc) is 2.74. The highest BCUT2D eigenvalue weighted by molar-refractivity contribution is 6.09. The van der Waals surface area contributed by atoms with Crippen molar-refractivity contribution in [1.82, 2.24) is 9.97 Å². The molecular formula is C24H19N3O2. The summed E-state index contributed by atoms with van der Waals surface area (Å²) in [4.78, 5) is 26.0. The molecule has 0 amide bonds. The molecule has 3 aromatic rings. The van der Waals surface area contributed by atoms with Crippen LogP contribution in [0.25, 0.3) is 29.8 Å². The maximum atomic E-state index is 12.2. The predicted molar refractivity (Wildman–Crippen MR) is 116 cm³/mol. The topological polar surface area (TPSA) is 68.3 Å². The van der Waals surface area contributed by atoms with Gasteiger partial charge in [0.15, 0.2) is 0 Å². The minimum Gasteiger partial charge on any atom is -0.401 e. The van der Waals surface area contributed by atoms with Crippen LogP contribution in [0.5, 0.6) is 0 Å². The lowest BCUT2D eigenvalue weighted by Crippen LogP contribution is -2.39. The van der Waals surface area contributed by atoms with E-state index < -0.39 is 5.63 Å². The summed E-state index contributed by atoms with van der Waals surface area (Å²) in [5.74, 6) is 0.149. The third-order valence-corrected chi connectivity index (χ3v) is 4.60. The number of fused-ring (bicyclic) bond motifs is 1. The zero-order chi connectivity index (χ0) is 20.4. The standard InChI is InChI=1S/C24H19N3O2/c1-4-5-10-18-16(3)24(28)29-23(27-18)21-13-8-12-20(26-21)22-14-15(2)17-9-6-7-11-19(17)25-22/h4-13H,2-3,14H2,1H3/b5-4-,18-10+. The second-order valence-electron chi connectivity index (χ2n) is 6.63. The highest BCUT2D eigenvalue weighted by Crippen LogP contribution is 2.33. The van der Waals surface area contributed by atoms with Crippen LogP contribution in [-0.2, 0) is 0 Å². The first-order valence-corrected chi connectivity index (χ1v) is 9.22. The summed E-state index contributed by atoms with van der Waals surface area (Å²) < 4.78 is 5.34. The molecule has 0 spiro atoms. The van der Waals surface area contributed by atoms with Gasteiger partial charge in [-0.1, -0.05) is 49.6 Å². The van der Waals surface area contributed by atoms with E-state index in [0.29, 0.717) is 23.2 Å². The third kappa shape index (κ3) is 3.62. The van der Waals surface area contributed by atoms with Crippen LogP contribution in [0, 0.1) is 0 Å². The fourth-order valence-electron chi connectivity index (χ4n) is 3.10. The maximum Gasteiger partial charge on any atom is 0.346 e. The van der Waals surface area contributed by atoms with Crippen LogP contribution in [0.2, 0.25) is 0 Å². The van der Waals surface area contributed by atoms with Gasteiger partial charge in [0.2, 0.25) is 5.89 Å². The molecule has 5 heteroatoms. The number of aliphatic imine (C=N–C) groups is 1. The molecule has 142 valence electrons. The predicted octanol–water partition coefficient (Wildman–Crippen LogP) is 3.40. The van der Waals surface area contributed by atoms with Gasteiger partial charge < -0.3 is 4.42 Å². The van der Waals surface area contributed by atoms with Crippen LogP contribution in [0.15, 0.2) is 75.4 Å². The van der Waals surface area contributed by atoms with E-state index >= 15 is 0 Å². The zero-order valence-electron chi connectivity index (χ0n) is 16.1. The fraction of sp³-hybridized carbons (Fsp3) is 0.0833. The summed E-state index contributed by atoms with van der Waals surface area (Å²) in [5, 5.41) is 0.673. The SMILES string of the molecule is C=C1CC(c2cccc(-c3n/c(=C/C=C\C)c(=C)c(=O)o3)n2)=Nc2ccccc21. The Morgan fingerprint density at radius 1 is 1.03 bits per heavy atom. The molecule has 1 aliphatic rings. The first kappa shape index (κ1) is 18.5. The van der Waals surface area contributed by atoms with Crippen molar-refractivity contribution in [2.45, 2.75) is 13.3 Å². The molecule has 0 atom stereocenters. The molecule has 1 aliphatic heterocycles. The molecule has 0 saturated carbocycles. The van der Waals surface area contributed by atoms with Gasteiger partial charge in [-0.2, -0.15) is 0 Å². The highest BCUT2D eigenvalue weighted by Gasteiger charge is 2.18. The van der Waals surface area contributed by atoms with E-state index in [2.05, 4.69) is 23.1 Å². The Morgan fingerprint density at radius 2 is 1.83 bits per heavy atom. The molecule has 0 aliphatic carbocycles. The van der Waals surface area contributed by atoms with E-state index in [0.717, 1.165) is 22.5 Å². The van der Waals surface area contributed by atoms with Gasteiger partial charge in [-0.25, -0.2) is 14.8 Å². The molecule has 5 nitrogen and oxygen atoms in total. The lowest BCUT2D eigenvalue weighted by molar-refractivity contribution is 0.496. The Labute approximate surface area is 167 Å². The van der Waals surface area contributed by atoms with Gasteiger partial charge in [0.1, 0.15) is 5.69 Å². The Morgan fingerprint density at radius 3 is 2.66 bits per heavy atom. The van der Waals surface area contributed by atoms with Gasteiger partial charge in [0.25, 0.3) is 0 Å². The van der Waals surface area contributed by atoms with Crippen molar-refractivity contribution in [2.24, 2.45) is 4.99 Å². The second-order valence-corrected chi connectivity index (χ2v) is 6.63. The second kappa shape index (κ2) is 7.64. The van der Waals surface area contributed by atoms with E-state index in [1.807, 2.05) is 49.4 Å². The van der Waals surface area contributed by atoms with Gasteiger partial charge in [0, 0.05) is 12.0 Å². The smallest absolute Gasteiger partial charge is 0.346 e. The van der Waals surface area contributed by atoms with E-state index in [-0.39, 0.29) is 11.1 Å². The summed E-state index contributed by atoms with van der Waals surface area (Å²) >= 11 is 0. The molecular weight excluding hydrogens is 362 g/mol. The Hall–Kier alpha value is -3.86. The van der Waals surface area contributed by atoms with Crippen molar-refractivity contribution in [1.29, 1.82) is 0 Å². The first-order valence-electron chi connectivity index (χ1n) is 9.22. The Kier molecular flexibility index (Phi) is 4.87. The number of nitrogens with zero attached hydrogens (tertiary/aromatic N) is 3. The van der Waals surface area contributed by atoms with Crippen LogP contribution in [0.1, 0.15) is 24.6 Å². The fourth-order valence-corrected chi connectivity index (χ4v) is 3.10. The molecule has 0 unspecified atom stereocenters. The van der Waals surface area contributed by atoms with Crippen LogP contribution in [0.4, 0.5) is 5.69 Å².